The topological polar surface area (TPSA) is 59.4 Å². The van der Waals surface area contributed by atoms with Crippen LogP contribution in [0.25, 0.3) is 16.7 Å². The van der Waals surface area contributed by atoms with Gasteiger partial charge in [0.2, 0.25) is 0 Å². The first-order valence-corrected chi connectivity index (χ1v) is 10.6. The fraction of sp³-hybridized carbons (Fsp3) is 0.417. The van der Waals surface area contributed by atoms with Gasteiger partial charge in [0, 0.05) is 36.9 Å². The lowest BCUT2D eigenvalue weighted by atomic mass is 10.1. The van der Waals surface area contributed by atoms with Crippen molar-refractivity contribution in [2.24, 2.45) is 0 Å². The van der Waals surface area contributed by atoms with E-state index in [4.69, 9.17) is 4.74 Å². The van der Waals surface area contributed by atoms with Crippen LogP contribution in [-0.2, 0) is 4.74 Å². The van der Waals surface area contributed by atoms with E-state index in [2.05, 4.69) is 52.7 Å². The molecule has 1 saturated heterocycles. The van der Waals surface area contributed by atoms with Crippen LogP contribution in [-0.4, -0.2) is 58.2 Å². The maximum absolute atomic E-state index is 12.8. The van der Waals surface area contributed by atoms with Crippen molar-refractivity contribution in [1.82, 2.24) is 19.8 Å². The molecule has 0 saturated carbocycles. The van der Waals surface area contributed by atoms with E-state index in [0.29, 0.717) is 12.1 Å². The molecule has 158 valence electrons. The number of nitrogens with zero attached hydrogens (tertiary/aromatic N) is 3. The number of fused-ring (bicyclic) bond motifs is 1. The lowest BCUT2D eigenvalue weighted by Gasteiger charge is -2.39. The second-order valence-electron chi connectivity index (χ2n) is 8.30. The standard InChI is InChI=1S/C24H30N4O2/c1-16(27-14-17(2)30-18(3)15-27)13-25-24(29)20-10-11-23-22(12-20)26-19(4)28(23)21-8-6-5-7-9-21/h5-12,16-18H,13-15H2,1-4H3,(H,25,29). The molecular formula is C24H30N4O2. The van der Waals surface area contributed by atoms with E-state index in [1.165, 1.54) is 0 Å². The van der Waals surface area contributed by atoms with Crippen molar-refractivity contribution < 1.29 is 9.53 Å². The van der Waals surface area contributed by atoms with Gasteiger partial charge in [0.1, 0.15) is 5.82 Å². The predicted octanol–water partition coefficient (Wildman–Crippen LogP) is 3.56. The molecule has 1 fully saturated rings. The summed E-state index contributed by atoms with van der Waals surface area (Å²) in [4.78, 5) is 19.8. The molecule has 4 rings (SSSR count). The van der Waals surface area contributed by atoms with Gasteiger partial charge in [0.05, 0.1) is 23.2 Å². The highest BCUT2D eigenvalue weighted by molar-refractivity contribution is 5.97. The highest BCUT2D eigenvalue weighted by Crippen LogP contribution is 2.22. The third-order valence-corrected chi connectivity index (χ3v) is 5.73. The van der Waals surface area contributed by atoms with Crippen LogP contribution in [0.15, 0.2) is 48.5 Å². The first-order chi connectivity index (χ1) is 14.4. The molecule has 0 radical (unpaired) electrons. The number of aryl methyl sites for hydroxylation is 1. The zero-order valence-electron chi connectivity index (χ0n) is 18.1. The number of nitrogens with one attached hydrogen (secondary N) is 1. The molecule has 0 aliphatic carbocycles. The minimum atomic E-state index is -0.0648. The number of hydrogen-bond acceptors (Lipinski definition) is 4. The van der Waals surface area contributed by atoms with E-state index < -0.39 is 0 Å². The van der Waals surface area contributed by atoms with Gasteiger partial charge in [-0.2, -0.15) is 0 Å². The number of amides is 1. The van der Waals surface area contributed by atoms with Crippen LogP contribution in [0.4, 0.5) is 0 Å². The van der Waals surface area contributed by atoms with E-state index in [0.717, 1.165) is 35.6 Å². The number of ether oxygens (including phenoxy) is 1. The molecule has 0 spiro atoms. The summed E-state index contributed by atoms with van der Waals surface area (Å²) < 4.78 is 7.92. The van der Waals surface area contributed by atoms with Gasteiger partial charge in [0.15, 0.2) is 0 Å². The molecule has 1 aliphatic heterocycles. The van der Waals surface area contributed by atoms with Gasteiger partial charge < -0.3 is 10.1 Å². The third-order valence-electron chi connectivity index (χ3n) is 5.73. The smallest absolute Gasteiger partial charge is 0.251 e. The average molecular weight is 407 g/mol. The summed E-state index contributed by atoms with van der Waals surface area (Å²) >= 11 is 0. The summed E-state index contributed by atoms with van der Waals surface area (Å²) in [6.45, 7) is 10.7. The molecule has 2 aromatic carbocycles. The number of hydrogen-bond donors (Lipinski definition) is 1. The van der Waals surface area contributed by atoms with E-state index in [1.807, 2.05) is 43.3 Å². The Morgan fingerprint density at radius 1 is 1.17 bits per heavy atom. The summed E-state index contributed by atoms with van der Waals surface area (Å²) in [5, 5.41) is 3.09. The second kappa shape index (κ2) is 8.58. The highest BCUT2D eigenvalue weighted by atomic mass is 16.5. The number of aromatic nitrogens is 2. The van der Waals surface area contributed by atoms with Gasteiger partial charge in [-0.05, 0) is 58.0 Å². The molecule has 1 amide bonds. The molecule has 6 heteroatoms. The van der Waals surface area contributed by atoms with Crippen molar-refractivity contribution in [3.63, 3.8) is 0 Å². The third kappa shape index (κ3) is 4.25. The van der Waals surface area contributed by atoms with E-state index in [9.17, 15) is 4.79 Å². The Bertz CT molecular complexity index is 1020. The van der Waals surface area contributed by atoms with Crippen LogP contribution in [0.2, 0.25) is 0 Å². The maximum Gasteiger partial charge on any atom is 0.251 e. The number of rotatable bonds is 5. The Morgan fingerprint density at radius 3 is 2.57 bits per heavy atom. The lowest BCUT2D eigenvalue weighted by Crippen LogP contribution is -2.52. The quantitative estimate of drug-likeness (QED) is 0.704. The van der Waals surface area contributed by atoms with Gasteiger partial charge in [0.25, 0.3) is 5.91 Å². The molecular weight excluding hydrogens is 376 g/mol. The Labute approximate surface area is 177 Å². The molecule has 3 atom stereocenters. The van der Waals surface area contributed by atoms with Crippen molar-refractivity contribution >= 4 is 16.9 Å². The molecule has 0 bridgehead atoms. The zero-order chi connectivity index (χ0) is 21.3. The van der Waals surface area contributed by atoms with Crippen LogP contribution in [0.3, 0.4) is 0 Å². The van der Waals surface area contributed by atoms with Crippen LogP contribution in [0, 0.1) is 6.92 Å². The fourth-order valence-corrected chi connectivity index (χ4v) is 4.29. The summed E-state index contributed by atoms with van der Waals surface area (Å²) in [7, 11) is 0. The summed E-state index contributed by atoms with van der Waals surface area (Å²) in [6, 6.07) is 16.1. The van der Waals surface area contributed by atoms with Crippen LogP contribution in [0.1, 0.15) is 37.0 Å². The number of imidazole rings is 1. The average Bonchev–Trinajstić information content (AvgIpc) is 3.06. The Hall–Kier alpha value is -2.70. The normalized spacial score (nSPS) is 20.9. The first kappa shape index (κ1) is 20.6. The molecule has 1 N–H and O–H groups in total. The van der Waals surface area contributed by atoms with Gasteiger partial charge in [-0.1, -0.05) is 18.2 Å². The minimum absolute atomic E-state index is 0.0648. The fourth-order valence-electron chi connectivity index (χ4n) is 4.29. The van der Waals surface area contributed by atoms with Crippen molar-refractivity contribution in [3.05, 3.63) is 59.9 Å². The summed E-state index contributed by atoms with van der Waals surface area (Å²) in [6.07, 6.45) is 0.439. The Kier molecular flexibility index (Phi) is 5.88. The SMILES string of the molecule is Cc1nc2cc(C(=O)NCC(C)N3CC(C)OC(C)C3)ccc2n1-c1ccccc1. The van der Waals surface area contributed by atoms with Gasteiger partial charge in [-0.25, -0.2) is 4.98 Å². The van der Waals surface area contributed by atoms with E-state index in [-0.39, 0.29) is 24.2 Å². The summed E-state index contributed by atoms with van der Waals surface area (Å²) in [5.74, 6) is 0.836. The highest BCUT2D eigenvalue weighted by Gasteiger charge is 2.26. The van der Waals surface area contributed by atoms with Crippen LogP contribution < -0.4 is 5.32 Å². The first-order valence-electron chi connectivity index (χ1n) is 10.6. The Balaban J connectivity index is 1.46. The second-order valence-corrected chi connectivity index (χ2v) is 8.30. The number of carbonyl (C=O) groups is 1. The van der Waals surface area contributed by atoms with Gasteiger partial charge >= 0.3 is 0 Å². The van der Waals surface area contributed by atoms with E-state index in [1.54, 1.807) is 0 Å². The van der Waals surface area contributed by atoms with Crippen molar-refractivity contribution in [1.29, 1.82) is 0 Å². The molecule has 2 heterocycles. The van der Waals surface area contributed by atoms with Gasteiger partial charge in [-0.3, -0.25) is 14.3 Å². The van der Waals surface area contributed by atoms with Crippen LogP contribution >= 0.6 is 0 Å². The molecule has 3 aromatic rings. The predicted molar refractivity (Wildman–Crippen MR) is 119 cm³/mol. The van der Waals surface area contributed by atoms with Gasteiger partial charge in [-0.15, -0.1) is 0 Å². The number of morpholine rings is 1. The van der Waals surface area contributed by atoms with Crippen molar-refractivity contribution in [2.75, 3.05) is 19.6 Å². The number of para-hydroxylation sites is 1. The zero-order valence-corrected chi connectivity index (χ0v) is 18.1. The largest absolute Gasteiger partial charge is 0.373 e. The molecule has 1 aliphatic rings. The summed E-state index contributed by atoms with van der Waals surface area (Å²) in [5.41, 5.74) is 3.53. The molecule has 30 heavy (non-hydrogen) atoms. The maximum atomic E-state index is 12.8. The molecule has 1 aromatic heterocycles. The van der Waals surface area contributed by atoms with Crippen molar-refractivity contribution in [3.8, 4) is 5.69 Å². The lowest BCUT2D eigenvalue weighted by molar-refractivity contribution is -0.0778. The molecule has 6 nitrogen and oxygen atoms in total. The molecule has 3 unspecified atom stereocenters. The number of benzene rings is 2. The van der Waals surface area contributed by atoms with E-state index >= 15 is 0 Å². The Morgan fingerprint density at radius 2 is 1.87 bits per heavy atom. The number of carbonyl (C=O) groups excluding carboxylic acids is 1. The monoisotopic (exact) mass is 406 g/mol. The minimum Gasteiger partial charge on any atom is -0.373 e. The van der Waals surface area contributed by atoms with Crippen molar-refractivity contribution in [2.45, 2.75) is 45.9 Å². The van der Waals surface area contributed by atoms with Crippen LogP contribution in [0.5, 0.6) is 0 Å².